The van der Waals surface area contributed by atoms with Crippen LogP contribution in [0.3, 0.4) is 0 Å². The zero-order valence-electron chi connectivity index (χ0n) is 9.65. The van der Waals surface area contributed by atoms with Gasteiger partial charge in [-0.05, 0) is 25.3 Å². The Morgan fingerprint density at radius 2 is 2.28 bits per heavy atom. The SMILES string of the molecule is O=C(O)[C@@H]1CCCCN1c1ccc([N+](=O)[O-])cn1. The number of pyridine rings is 1. The van der Waals surface area contributed by atoms with Gasteiger partial charge in [0.2, 0.25) is 0 Å². The molecule has 1 atom stereocenters. The molecule has 0 radical (unpaired) electrons. The lowest BCUT2D eigenvalue weighted by Gasteiger charge is -2.33. The molecule has 96 valence electrons. The smallest absolute Gasteiger partial charge is 0.326 e. The second-order valence-electron chi connectivity index (χ2n) is 4.17. The zero-order chi connectivity index (χ0) is 13.1. The van der Waals surface area contributed by atoms with Gasteiger partial charge in [0.25, 0.3) is 5.69 Å². The van der Waals surface area contributed by atoms with Crippen LogP contribution < -0.4 is 4.90 Å². The number of carboxylic acid groups (broad SMARTS) is 1. The van der Waals surface area contributed by atoms with Crippen molar-refractivity contribution in [3.63, 3.8) is 0 Å². The Morgan fingerprint density at radius 3 is 2.83 bits per heavy atom. The fraction of sp³-hybridized carbons (Fsp3) is 0.455. The fourth-order valence-corrected chi connectivity index (χ4v) is 2.12. The summed E-state index contributed by atoms with van der Waals surface area (Å²) in [6.45, 7) is 0.613. The highest BCUT2D eigenvalue weighted by molar-refractivity contribution is 5.78. The van der Waals surface area contributed by atoms with Crippen molar-refractivity contribution in [1.82, 2.24) is 4.98 Å². The van der Waals surface area contributed by atoms with Gasteiger partial charge in [-0.15, -0.1) is 0 Å². The number of nitro groups is 1. The molecule has 7 heteroatoms. The van der Waals surface area contributed by atoms with Gasteiger partial charge in [-0.3, -0.25) is 10.1 Å². The summed E-state index contributed by atoms with van der Waals surface area (Å²) in [6.07, 6.45) is 3.51. The summed E-state index contributed by atoms with van der Waals surface area (Å²) in [6, 6.07) is 2.25. The van der Waals surface area contributed by atoms with Crippen molar-refractivity contribution in [1.29, 1.82) is 0 Å². The van der Waals surface area contributed by atoms with E-state index in [1.165, 1.54) is 12.1 Å². The highest BCUT2D eigenvalue weighted by Crippen LogP contribution is 2.24. The van der Waals surface area contributed by atoms with E-state index in [1.807, 2.05) is 0 Å². The number of nitrogens with zero attached hydrogens (tertiary/aromatic N) is 3. The van der Waals surface area contributed by atoms with Crippen LogP contribution in [-0.4, -0.2) is 33.6 Å². The van der Waals surface area contributed by atoms with Crippen molar-refractivity contribution in [2.45, 2.75) is 25.3 Å². The number of aromatic nitrogens is 1. The molecule has 1 N–H and O–H groups in total. The normalized spacial score (nSPS) is 19.6. The van der Waals surface area contributed by atoms with Crippen LogP contribution in [0.2, 0.25) is 0 Å². The van der Waals surface area contributed by atoms with E-state index in [2.05, 4.69) is 4.98 Å². The van der Waals surface area contributed by atoms with E-state index in [4.69, 9.17) is 5.11 Å². The number of carbonyl (C=O) groups is 1. The maximum atomic E-state index is 11.1. The predicted octanol–water partition coefficient (Wildman–Crippen LogP) is 1.43. The summed E-state index contributed by atoms with van der Waals surface area (Å²) in [5.74, 6) is -0.400. The third-order valence-electron chi connectivity index (χ3n) is 3.03. The molecule has 0 aliphatic carbocycles. The number of aliphatic carboxylic acids is 1. The first-order chi connectivity index (χ1) is 8.59. The number of hydrogen-bond donors (Lipinski definition) is 1. The molecule has 0 unspecified atom stereocenters. The van der Waals surface area contributed by atoms with Crippen LogP contribution in [0.5, 0.6) is 0 Å². The third kappa shape index (κ3) is 2.39. The van der Waals surface area contributed by atoms with Gasteiger partial charge in [-0.25, -0.2) is 9.78 Å². The monoisotopic (exact) mass is 251 g/mol. The summed E-state index contributed by atoms with van der Waals surface area (Å²) < 4.78 is 0. The van der Waals surface area contributed by atoms with Crippen molar-refractivity contribution in [2.75, 3.05) is 11.4 Å². The molecule has 2 rings (SSSR count). The van der Waals surface area contributed by atoms with Crippen molar-refractivity contribution in [3.8, 4) is 0 Å². The molecule has 0 saturated carbocycles. The van der Waals surface area contributed by atoms with E-state index in [0.717, 1.165) is 19.0 Å². The van der Waals surface area contributed by atoms with Crippen LogP contribution in [0.4, 0.5) is 11.5 Å². The minimum absolute atomic E-state index is 0.0948. The number of piperidine rings is 1. The van der Waals surface area contributed by atoms with Gasteiger partial charge >= 0.3 is 5.97 Å². The van der Waals surface area contributed by atoms with E-state index in [1.54, 1.807) is 4.90 Å². The Morgan fingerprint density at radius 1 is 1.50 bits per heavy atom. The molecule has 7 nitrogen and oxygen atoms in total. The van der Waals surface area contributed by atoms with Gasteiger partial charge in [0.15, 0.2) is 0 Å². The van der Waals surface area contributed by atoms with E-state index in [9.17, 15) is 14.9 Å². The molecule has 1 fully saturated rings. The topological polar surface area (TPSA) is 96.6 Å². The number of anilines is 1. The van der Waals surface area contributed by atoms with E-state index >= 15 is 0 Å². The van der Waals surface area contributed by atoms with Gasteiger partial charge in [0.05, 0.1) is 4.92 Å². The van der Waals surface area contributed by atoms with Crippen LogP contribution in [-0.2, 0) is 4.79 Å². The van der Waals surface area contributed by atoms with Gasteiger partial charge in [0.1, 0.15) is 18.1 Å². The van der Waals surface area contributed by atoms with Crippen molar-refractivity contribution in [3.05, 3.63) is 28.4 Å². The number of rotatable bonds is 3. The Balaban J connectivity index is 2.23. The lowest BCUT2D eigenvalue weighted by atomic mass is 10.0. The molecule has 1 aromatic rings. The molecule has 1 aromatic heterocycles. The van der Waals surface area contributed by atoms with Crippen LogP contribution in [0.1, 0.15) is 19.3 Å². The first kappa shape index (κ1) is 12.3. The largest absolute Gasteiger partial charge is 0.480 e. The second-order valence-corrected chi connectivity index (χ2v) is 4.17. The summed E-state index contributed by atoms with van der Waals surface area (Å²) >= 11 is 0. The number of hydrogen-bond acceptors (Lipinski definition) is 5. The summed E-state index contributed by atoms with van der Waals surface area (Å²) in [5.41, 5.74) is -0.0948. The molecule has 0 amide bonds. The average Bonchev–Trinajstić information content (AvgIpc) is 2.39. The minimum Gasteiger partial charge on any atom is -0.480 e. The Labute approximate surface area is 103 Å². The first-order valence-corrected chi connectivity index (χ1v) is 5.69. The highest BCUT2D eigenvalue weighted by atomic mass is 16.6. The second kappa shape index (κ2) is 4.99. The number of carboxylic acids is 1. The van der Waals surface area contributed by atoms with Crippen LogP contribution in [0.15, 0.2) is 18.3 Å². The summed E-state index contributed by atoms with van der Waals surface area (Å²) in [4.78, 5) is 26.8. The zero-order valence-corrected chi connectivity index (χ0v) is 9.65. The summed E-state index contributed by atoms with van der Waals surface area (Å²) in [7, 11) is 0. The maximum Gasteiger partial charge on any atom is 0.326 e. The van der Waals surface area contributed by atoms with Crippen molar-refractivity contribution in [2.24, 2.45) is 0 Å². The van der Waals surface area contributed by atoms with E-state index in [-0.39, 0.29) is 5.69 Å². The van der Waals surface area contributed by atoms with Gasteiger partial charge in [0, 0.05) is 12.6 Å². The minimum atomic E-state index is -0.880. The Hall–Kier alpha value is -2.18. The molecule has 2 heterocycles. The molecule has 0 aromatic carbocycles. The third-order valence-corrected chi connectivity index (χ3v) is 3.03. The molecule has 18 heavy (non-hydrogen) atoms. The molecular weight excluding hydrogens is 238 g/mol. The Bertz CT molecular complexity index is 460. The molecule has 0 spiro atoms. The average molecular weight is 251 g/mol. The molecule has 1 aliphatic rings. The predicted molar refractivity (Wildman–Crippen MR) is 63.5 cm³/mol. The van der Waals surface area contributed by atoms with Crippen LogP contribution in [0.25, 0.3) is 0 Å². The molecular formula is C11H13N3O4. The quantitative estimate of drug-likeness (QED) is 0.644. The first-order valence-electron chi connectivity index (χ1n) is 5.69. The summed E-state index contributed by atoms with van der Waals surface area (Å²) in [5, 5.41) is 19.7. The fourth-order valence-electron chi connectivity index (χ4n) is 2.12. The van der Waals surface area contributed by atoms with Crippen LogP contribution >= 0.6 is 0 Å². The lowest BCUT2D eigenvalue weighted by Crippen LogP contribution is -2.45. The molecule has 0 bridgehead atoms. The van der Waals surface area contributed by atoms with E-state index < -0.39 is 16.9 Å². The van der Waals surface area contributed by atoms with Gasteiger partial charge in [-0.1, -0.05) is 0 Å². The van der Waals surface area contributed by atoms with Gasteiger partial charge < -0.3 is 10.0 Å². The van der Waals surface area contributed by atoms with Crippen molar-refractivity contribution < 1.29 is 14.8 Å². The standard InChI is InChI=1S/C11H13N3O4/c15-11(16)9-3-1-2-6-13(9)10-5-4-8(7-12-10)14(17)18/h4-5,7,9H,1-3,6H2,(H,15,16)/t9-/m0/s1. The Kier molecular flexibility index (Phi) is 3.40. The van der Waals surface area contributed by atoms with E-state index in [0.29, 0.717) is 18.8 Å². The lowest BCUT2D eigenvalue weighted by molar-refractivity contribution is -0.385. The highest BCUT2D eigenvalue weighted by Gasteiger charge is 2.29. The molecule has 1 aliphatic heterocycles. The van der Waals surface area contributed by atoms with Crippen LogP contribution in [0, 0.1) is 10.1 Å². The van der Waals surface area contributed by atoms with Crippen molar-refractivity contribution >= 4 is 17.5 Å². The maximum absolute atomic E-state index is 11.1. The molecule has 1 saturated heterocycles. The van der Waals surface area contributed by atoms with Gasteiger partial charge in [-0.2, -0.15) is 0 Å².